The molecule has 5 nitrogen and oxygen atoms in total. The molecule has 1 heterocycles. The maximum atomic E-state index is 10.7. The summed E-state index contributed by atoms with van der Waals surface area (Å²) >= 11 is 0. The van der Waals surface area contributed by atoms with Crippen LogP contribution in [0.15, 0.2) is 18.3 Å². The largest absolute Gasteiger partial charge is 0.478 e. The number of pyridine rings is 1. The van der Waals surface area contributed by atoms with Gasteiger partial charge in [0.15, 0.2) is 0 Å². The number of hydrogen-bond donors (Lipinski definition) is 3. The van der Waals surface area contributed by atoms with Crippen molar-refractivity contribution in [2.24, 2.45) is 5.41 Å². The zero-order valence-electron chi connectivity index (χ0n) is 11.5. The molecule has 0 aliphatic rings. The molecule has 0 aromatic carbocycles. The molecule has 106 valence electrons. The quantitative estimate of drug-likeness (QED) is 0.666. The van der Waals surface area contributed by atoms with E-state index in [2.05, 4.69) is 24.1 Å². The van der Waals surface area contributed by atoms with Crippen molar-refractivity contribution in [2.75, 3.05) is 13.2 Å². The highest BCUT2D eigenvalue weighted by atomic mass is 16.4. The van der Waals surface area contributed by atoms with Crippen LogP contribution in [0.1, 0.15) is 42.7 Å². The predicted octanol–water partition coefficient (Wildman–Crippen LogP) is 1.67. The summed E-state index contributed by atoms with van der Waals surface area (Å²) in [6.07, 6.45) is 3.19. The number of aliphatic hydroxyl groups is 1. The molecule has 3 N–H and O–H groups in total. The van der Waals surface area contributed by atoms with Crippen molar-refractivity contribution in [3.63, 3.8) is 0 Å². The van der Waals surface area contributed by atoms with Crippen LogP contribution in [0.2, 0.25) is 0 Å². The minimum Gasteiger partial charge on any atom is -0.478 e. The van der Waals surface area contributed by atoms with E-state index < -0.39 is 5.97 Å². The molecule has 5 heteroatoms. The number of rotatable bonds is 8. The van der Waals surface area contributed by atoms with Gasteiger partial charge in [0.25, 0.3) is 0 Å². The number of nitrogens with one attached hydrogen (secondary N) is 1. The number of nitrogens with zero attached hydrogens (tertiary/aromatic N) is 1. The van der Waals surface area contributed by atoms with E-state index in [-0.39, 0.29) is 17.6 Å². The summed E-state index contributed by atoms with van der Waals surface area (Å²) in [6.45, 7) is 5.60. The van der Waals surface area contributed by atoms with Crippen LogP contribution in [0, 0.1) is 5.41 Å². The average molecular weight is 266 g/mol. The fourth-order valence-corrected chi connectivity index (χ4v) is 1.89. The van der Waals surface area contributed by atoms with Gasteiger partial charge in [-0.25, -0.2) is 4.79 Å². The van der Waals surface area contributed by atoms with Crippen molar-refractivity contribution >= 4 is 5.97 Å². The van der Waals surface area contributed by atoms with Gasteiger partial charge in [-0.15, -0.1) is 0 Å². The van der Waals surface area contributed by atoms with Crippen molar-refractivity contribution in [2.45, 2.75) is 33.2 Å². The number of aliphatic hydroxyl groups excluding tert-OH is 1. The van der Waals surface area contributed by atoms with Crippen molar-refractivity contribution in [1.82, 2.24) is 10.3 Å². The first-order valence-corrected chi connectivity index (χ1v) is 6.56. The Kier molecular flexibility index (Phi) is 5.92. The van der Waals surface area contributed by atoms with Crippen LogP contribution in [0.4, 0.5) is 0 Å². The second-order valence-electron chi connectivity index (χ2n) is 4.81. The van der Waals surface area contributed by atoms with E-state index in [1.165, 1.54) is 6.20 Å². The van der Waals surface area contributed by atoms with E-state index in [9.17, 15) is 9.90 Å². The Hall–Kier alpha value is -1.46. The molecule has 0 amide bonds. The Balaban J connectivity index is 2.51. The third kappa shape index (κ3) is 4.29. The lowest BCUT2D eigenvalue weighted by atomic mass is 9.83. The van der Waals surface area contributed by atoms with E-state index in [0.717, 1.165) is 25.1 Å². The van der Waals surface area contributed by atoms with Gasteiger partial charge in [0, 0.05) is 31.3 Å². The number of hydrogen-bond acceptors (Lipinski definition) is 4. The van der Waals surface area contributed by atoms with Gasteiger partial charge in [-0.2, -0.15) is 0 Å². The van der Waals surface area contributed by atoms with Gasteiger partial charge in [0.1, 0.15) is 0 Å². The van der Waals surface area contributed by atoms with Gasteiger partial charge in [0.2, 0.25) is 0 Å². The molecule has 0 saturated heterocycles. The monoisotopic (exact) mass is 266 g/mol. The summed E-state index contributed by atoms with van der Waals surface area (Å²) in [7, 11) is 0. The first-order chi connectivity index (χ1) is 9.06. The number of carboxylic acid groups (broad SMARTS) is 1. The Morgan fingerprint density at radius 2 is 2.05 bits per heavy atom. The average Bonchev–Trinajstić information content (AvgIpc) is 2.45. The first kappa shape index (κ1) is 15.6. The summed E-state index contributed by atoms with van der Waals surface area (Å²) in [6, 6.07) is 3.25. The highest BCUT2D eigenvalue weighted by Gasteiger charge is 2.24. The number of aromatic nitrogens is 1. The summed E-state index contributed by atoms with van der Waals surface area (Å²) in [5, 5.41) is 21.5. The molecule has 0 saturated carbocycles. The molecular weight excluding hydrogens is 244 g/mol. The zero-order chi connectivity index (χ0) is 14.3. The molecule has 0 atom stereocenters. The van der Waals surface area contributed by atoms with E-state index in [4.69, 9.17) is 5.11 Å². The fourth-order valence-electron chi connectivity index (χ4n) is 1.89. The molecule has 1 rings (SSSR count). The fraction of sp³-hybridized carbons (Fsp3) is 0.571. The molecule has 0 fully saturated rings. The van der Waals surface area contributed by atoms with E-state index >= 15 is 0 Å². The van der Waals surface area contributed by atoms with Crippen molar-refractivity contribution in [1.29, 1.82) is 0 Å². The molecule has 0 radical (unpaired) electrons. The zero-order valence-corrected chi connectivity index (χ0v) is 11.5. The lowest BCUT2D eigenvalue weighted by Gasteiger charge is -2.29. The number of carbonyl (C=O) groups is 1. The van der Waals surface area contributed by atoms with Crippen LogP contribution in [0.5, 0.6) is 0 Å². The van der Waals surface area contributed by atoms with E-state index in [1.807, 2.05) is 0 Å². The smallest absolute Gasteiger partial charge is 0.337 e. The van der Waals surface area contributed by atoms with E-state index in [0.29, 0.717) is 6.54 Å². The molecule has 1 aromatic rings. The van der Waals surface area contributed by atoms with Crippen LogP contribution in [0.25, 0.3) is 0 Å². The molecule has 0 unspecified atom stereocenters. The van der Waals surface area contributed by atoms with Gasteiger partial charge in [-0.1, -0.05) is 13.8 Å². The Morgan fingerprint density at radius 1 is 1.37 bits per heavy atom. The Labute approximate surface area is 113 Å². The minimum atomic E-state index is -0.969. The number of aromatic carboxylic acids is 1. The summed E-state index contributed by atoms with van der Waals surface area (Å²) in [5.41, 5.74) is 0.903. The summed E-state index contributed by atoms with van der Waals surface area (Å²) in [4.78, 5) is 14.8. The van der Waals surface area contributed by atoms with Crippen molar-refractivity contribution in [3.05, 3.63) is 29.6 Å². The van der Waals surface area contributed by atoms with Gasteiger partial charge in [-0.05, 0) is 25.0 Å². The third-order valence-electron chi connectivity index (χ3n) is 3.71. The molecule has 1 aromatic heterocycles. The van der Waals surface area contributed by atoms with E-state index in [1.54, 1.807) is 12.1 Å². The summed E-state index contributed by atoms with van der Waals surface area (Å²) in [5.74, 6) is -0.969. The predicted molar refractivity (Wildman–Crippen MR) is 73.0 cm³/mol. The van der Waals surface area contributed by atoms with Gasteiger partial charge in [0.05, 0.1) is 11.3 Å². The van der Waals surface area contributed by atoms with Crippen LogP contribution >= 0.6 is 0 Å². The normalized spacial score (nSPS) is 11.5. The van der Waals surface area contributed by atoms with Gasteiger partial charge < -0.3 is 15.5 Å². The molecule has 19 heavy (non-hydrogen) atoms. The Bertz CT molecular complexity index is 391. The molecule has 0 spiro atoms. The second kappa shape index (κ2) is 7.21. The lowest BCUT2D eigenvalue weighted by molar-refractivity contribution is 0.0696. The second-order valence-corrected chi connectivity index (χ2v) is 4.81. The highest BCUT2D eigenvalue weighted by molar-refractivity contribution is 5.87. The SMILES string of the molecule is CCC(CC)(CO)CNCc1ccc(C(=O)O)cn1. The highest BCUT2D eigenvalue weighted by Crippen LogP contribution is 2.24. The first-order valence-electron chi connectivity index (χ1n) is 6.56. The van der Waals surface area contributed by atoms with Crippen LogP contribution in [-0.2, 0) is 6.54 Å². The van der Waals surface area contributed by atoms with Crippen LogP contribution < -0.4 is 5.32 Å². The lowest BCUT2D eigenvalue weighted by Crippen LogP contribution is -2.36. The maximum absolute atomic E-state index is 10.7. The minimum absolute atomic E-state index is 0.0823. The molecule has 0 aliphatic heterocycles. The van der Waals surface area contributed by atoms with Gasteiger partial charge in [-0.3, -0.25) is 4.98 Å². The third-order valence-corrected chi connectivity index (χ3v) is 3.71. The Morgan fingerprint density at radius 3 is 2.47 bits per heavy atom. The molecule has 0 aliphatic carbocycles. The molecule has 0 bridgehead atoms. The number of carboxylic acids is 1. The van der Waals surface area contributed by atoms with Crippen molar-refractivity contribution < 1.29 is 15.0 Å². The van der Waals surface area contributed by atoms with Crippen LogP contribution in [-0.4, -0.2) is 34.3 Å². The van der Waals surface area contributed by atoms with Crippen molar-refractivity contribution in [3.8, 4) is 0 Å². The maximum Gasteiger partial charge on any atom is 0.337 e. The standard InChI is InChI=1S/C14H22N2O3/c1-3-14(4-2,10-17)9-15-8-12-6-5-11(7-16-12)13(18)19/h5-7,15,17H,3-4,8-10H2,1-2H3,(H,18,19). The van der Waals surface area contributed by atoms with Gasteiger partial charge >= 0.3 is 5.97 Å². The van der Waals surface area contributed by atoms with Crippen LogP contribution in [0.3, 0.4) is 0 Å². The topological polar surface area (TPSA) is 82.5 Å². The summed E-state index contributed by atoms with van der Waals surface area (Å²) < 4.78 is 0. The molecular formula is C14H22N2O3.